The summed E-state index contributed by atoms with van der Waals surface area (Å²) in [5, 5.41) is 4.76. The zero-order valence-corrected chi connectivity index (χ0v) is 14.4. The van der Waals surface area contributed by atoms with Gasteiger partial charge in [-0.25, -0.2) is 26.6 Å². The molecule has 130 valence electrons. The average molecular weight is 384 g/mol. The van der Waals surface area contributed by atoms with Crippen molar-refractivity contribution in [1.82, 2.24) is 4.98 Å². The molecule has 9 heteroatoms. The smallest absolute Gasteiger partial charge is 0.194 e. The topological polar surface area (TPSA) is 59.1 Å². The van der Waals surface area contributed by atoms with Crippen LogP contribution < -0.4 is 5.32 Å². The first-order valence-corrected chi connectivity index (χ1v) is 9.69. The Bertz CT molecular complexity index is 1010. The third kappa shape index (κ3) is 3.83. The van der Waals surface area contributed by atoms with E-state index in [9.17, 15) is 21.6 Å². The molecule has 0 saturated heterocycles. The van der Waals surface area contributed by atoms with Crippen LogP contribution in [0.2, 0.25) is 0 Å². The third-order valence-electron chi connectivity index (χ3n) is 3.32. The molecular weight excluding hydrogens is 373 g/mol. The quantitative estimate of drug-likeness (QED) is 0.679. The molecule has 0 bridgehead atoms. The standard InChI is InChI=1S/C16H11F3N2O2S2/c1-25(22,23)11-4-2-9(3-5-11)14-8-24-16(21-14)20-10-6-12(17)15(19)13(18)7-10/h2-8H,1H3,(H,20,21). The van der Waals surface area contributed by atoms with Gasteiger partial charge >= 0.3 is 0 Å². The molecule has 0 unspecified atom stereocenters. The van der Waals surface area contributed by atoms with E-state index in [1.165, 1.54) is 23.5 Å². The summed E-state index contributed by atoms with van der Waals surface area (Å²) in [6.07, 6.45) is 1.12. The van der Waals surface area contributed by atoms with Gasteiger partial charge in [0, 0.05) is 35.0 Å². The summed E-state index contributed by atoms with van der Waals surface area (Å²) in [6, 6.07) is 7.85. The molecule has 0 aliphatic rings. The van der Waals surface area contributed by atoms with Crippen LogP contribution in [0, 0.1) is 17.5 Å². The predicted molar refractivity (Wildman–Crippen MR) is 90.3 cm³/mol. The maximum atomic E-state index is 13.2. The lowest BCUT2D eigenvalue weighted by Gasteiger charge is -2.04. The second kappa shape index (κ2) is 6.49. The van der Waals surface area contributed by atoms with Crippen molar-refractivity contribution in [2.45, 2.75) is 4.90 Å². The molecule has 1 heterocycles. The zero-order valence-electron chi connectivity index (χ0n) is 12.8. The highest BCUT2D eigenvalue weighted by atomic mass is 32.2. The molecule has 0 aliphatic heterocycles. The molecular formula is C16H11F3N2O2S2. The van der Waals surface area contributed by atoms with Gasteiger partial charge in [-0.3, -0.25) is 0 Å². The van der Waals surface area contributed by atoms with E-state index in [4.69, 9.17) is 0 Å². The minimum Gasteiger partial charge on any atom is -0.331 e. The van der Waals surface area contributed by atoms with E-state index >= 15 is 0 Å². The Hall–Kier alpha value is -2.39. The Kier molecular flexibility index (Phi) is 4.53. The monoisotopic (exact) mass is 384 g/mol. The summed E-state index contributed by atoms with van der Waals surface area (Å²) in [7, 11) is -3.28. The largest absolute Gasteiger partial charge is 0.331 e. The van der Waals surface area contributed by atoms with Crippen LogP contribution in [0.3, 0.4) is 0 Å². The Balaban J connectivity index is 1.83. The van der Waals surface area contributed by atoms with Crippen LogP contribution in [0.4, 0.5) is 24.0 Å². The van der Waals surface area contributed by atoms with Crippen LogP contribution in [0.15, 0.2) is 46.7 Å². The number of anilines is 2. The first-order chi connectivity index (χ1) is 11.7. The summed E-state index contributed by atoms with van der Waals surface area (Å²) in [5.41, 5.74) is 1.29. The van der Waals surface area contributed by atoms with Crippen LogP contribution >= 0.6 is 11.3 Å². The molecule has 2 aromatic carbocycles. The van der Waals surface area contributed by atoms with Gasteiger partial charge < -0.3 is 5.32 Å². The van der Waals surface area contributed by atoms with Gasteiger partial charge in [0.2, 0.25) is 0 Å². The highest BCUT2D eigenvalue weighted by Gasteiger charge is 2.12. The molecule has 0 amide bonds. The minimum atomic E-state index is -3.28. The highest BCUT2D eigenvalue weighted by Crippen LogP contribution is 2.28. The van der Waals surface area contributed by atoms with Crippen LogP contribution in [0.5, 0.6) is 0 Å². The summed E-state index contributed by atoms with van der Waals surface area (Å²) >= 11 is 1.19. The normalized spacial score (nSPS) is 11.5. The van der Waals surface area contributed by atoms with Crippen molar-refractivity contribution in [3.05, 3.63) is 59.2 Å². The van der Waals surface area contributed by atoms with E-state index < -0.39 is 27.3 Å². The molecule has 1 aromatic heterocycles. The van der Waals surface area contributed by atoms with Gasteiger partial charge in [-0.05, 0) is 12.1 Å². The van der Waals surface area contributed by atoms with Gasteiger partial charge in [0.05, 0.1) is 10.6 Å². The summed E-state index contributed by atoms with van der Waals surface area (Å²) in [5.74, 6) is -4.12. The Morgan fingerprint density at radius 3 is 2.20 bits per heavy atom. The lowest BCUT2D eigenvalue weighted by Crippen LogP contribution is -1.96. The molecule has 1 N–H and O–H groups in total. The van der Waals surface area contributed by atoms with Gasteiger partial charge in [-0.15, -0.1) is 11.3 Å². The number of halogens is 3. The Morgan fingerprint density at radius 2 is 1.64 bits per heavy atom. The maximum Gasteiger partial charge on any atom is 0.194 e. The average Bonchev–Trinajstić information content (AvgIpc) is 3.00. The number of sulfone groups is 1. The van der Waals surface area contributed by atoms with E-state index in [0.29, 0.717) is 16.4 Å². The van der Waals surface area contributed by atoms with Crippen molar-refractivity contribution < 1.29 is 21.6 Å². The molecule has 0 saturated carbocycles. The lowest BCUT2D eigenvalue weighted by atomic mass is 10.2. The second-order valence-corrected chi connectivity index (χ2v) is 8.09. The van der Waals surface area contributed by atoms with Gasteiger partial charge in [0.1, 0.15) is 0 Å². The van der Waals surface area contributed by atoms with Crippen LogP contribution in [-0.4, -0.2) is 19.7 Å². The number of thiazole rings is 1. The maximum absolute atomic E-state index is 13.2. The molecule has 25 heavy (non-hydrogen) atoms. The van der Waals surface area contributed by atoms with Crippen molar-refractivity contribution in [2.75, 3.05) is 11.6 Å². The van der Waals surface area contributed by atoms with E-state index in [2.05, 4.69) is 10.3 Å². The number of hydrogen-bond acceptors (Lipinski definition) is 5. The molecule has 0 aliphatic carbocycles. The fourth-order valence-electron chi connectivity index (χ4n) is 2.09. The summed E-state index contributed by atoms with van der Waals surface area (Å²) in [6.45, 7) is 0. The van der Waals surface area contributed by atoms with Crippen molar-refractivity contribution in [2.24, 2.45) is 0 Å². The van der Waals surface area contributed by atoms with E-state index in [0.717, 1.165) is 18.4 Å². The molecule has 4 nitrogen and oxygen atoms in total. The predicted octanol–water partition coefficient (Wildman–Crippen LogP) is 4.37. The third-order valence-corrected chi connectivity index (χ3v) is 5.20. The summed E-state index contributed by atoms with van der Waals surface area (Å²) < 4.78 is 62.3. The van der Waals surface area contributed by atoms with E-state index in [1.54, 1.807) is 17.5 Å². The second-order valence-electron chi connectivity index (χ2n) is 5.21. The van der Waals surface area contributed by atoms with Crippen molar-refractivity contribution in [3.8, 4) is 11.3 Å². The number of nitrogens with zero attached hydrogens (tertiary/aromatic N) is 1. The highest BCUT2D eigenvalue weighted by molar-refractivity contribution is 7.90. The number of nitrogens with one attached hydrogen (secondary N) is 1. The van der Waals surface area contributed by atoms with Gasteiger partial charge in [-0.2, -0.15) is 0 Å². The van der Waals surface area contributed by atoms with Crippen molar-refractivity contribution in [3.63, 3.8) is 0 Å². The van der Waals surface area contributed by atoms with Gasteiger partial charge in [0.15, 0.2) is 32.4 Å². The number of benzene rings is 2. The molecule has 0 atom stereocenters. The van der Waals surface area contributed by atoms with Crippen molar-refractivity contribution >= 4 is 32.0 Å². The minimum absolute atomic E-state index is 0.0322. The molecule has 0 radical (unpaired) electrons. The van der Waals surface area contributed by atoms with Gasteiger partial charge in [0.25, 0.3) is 0 Å². The fourth-order valence-corrected chi connectivity index (χ4v) is 3.46. The number of rotatable bonds is 4. The lowest BCUT2D eigenvalue weighted by molar-refractivity contribution is 0.448. The van der Waals surface area contributed by atoms with Crippen molar-refractivity contribution in [1.29, 1.82) is 0 Å². The van der Waals surface area contributed by atoms with E-state index in [1.807, 2.05) is 0 Å². The first kappa shape index (κ1) is 17.4. The zero-order chi connectivity index (χ0) is 18.2. The molecule has 3 rings (SSSR count). The Morgan fingerprint density at radius 1 is 1.04 bits per heavy atom. The molecule has 3 aromatic rings. The molecule has 0 fully saturated rings. The fraction of sp³-hybridized carbons (Fsp3) is 0.0625. The first-order valence-electron chi connectivity index (χ1n) is 6.91. The SMILES string of the molecule is CS(=O)(=O)c1ccc(-c2csc(Nc3cc(F)c(F)c(F)c3)n2)cc1. The number of hydrogen-bond donors (Lipinski definition) is 1. The van der Waals surface area contributed by atoms with Crippen LogP contribution in [-0.2, 0) is 9.84 Å². The van der Waals surface area contributed by atoms with Crippen LogP contribution in [0.1, 0.15) is 0 Å². The number of aromatic nitrogens is 1. The Labute approximate surface area is 145 Å². The van der Waals surface area contributed by atoms with Gasteiger partial charge in [-0.1, -0.05) is 12.1 Å². The van der Waals surface area contributed by atoms with Crippen LogP contribution in [0.25, 0.3) is 11.3 Å². The molecule has 0 spiro atoms. The van der Waals surface area contributed by atoms with E-state index in [-0.39, 0.29) is 10.6 Å². The summed E-state index contributed by atoms with van der Waals surface area (Å²) in [4.78, 5) is 4.47.